The van der Waals surface area contributed by atoms with Crippen LogP contribution < -0.4 is 10.5 Å². The molecule has 0 unspecified atom stereocenters. The highest BCUT2D eigenvalue weighted by molar-refractivity contribution is 7.89. The molecule has 3 N–H and O–H groups in total. The van der Waals surface area contributed by atoms with Crippen LogP contribution in [0, 0.1) is 6.92 Å². The molecule has 0 aliphatic heterocycles. The molecule has 0 aliphatic rings. The summed E-state index contributed by atoms with van der Waals surface area (Å²) in [6.07, 6.45) is 1.14. The first-order valence-corrected chi connectivity index (χ1v) is 7.43. The largest absolute Gasteiger partial charge is 0.343 e. The third-order valence-corrected chi connectivity index (χ3v) is 5.16. The van der Waals surface area contributed by atoms with Gasteiger partial charge in [-0.15, -0.1) is 11.3 Å². The van der Waals surface area contributed by atoms with Crippen molar-refractivity contribution in [1.29, 1.82) is 0 Å². The van der Waals surface area contributed by atoms with Crippen LogP contribution in [0.25, 0.3) is 0 Å². The molecular weight excluding hydrogens is 276 g/mol. The fraction of sp³-hybridized carbons (Fsp3) is 0.333. The Hall–Kier alpha value is -1.29. The summed E-state index contributed by atoms with van der Waals surface area (Å²) in [6, 6.07) is 0. The molecule has 98 valence electrons. The molecule has 0 fully saturated rings. The number of nitrogens with one attached hydrogen (secondary N) is 1. The molecule has 0 saturated carbocycles. The molecule has 0 aliphatic carbocycles. The van der Waals surface area contributed by atoms with Gasteiger partial charge >= 0.3 is 0 Å². The van der Waals surface area contributed by atoms with Crippen molar-refractivity contribution in [2.45, 2.75) is 24.9 Å². The quantitative estimate of drug-likeness (QED) is 0.822. The Morgan fingerprint density at radius 1 is 1.56 bits per heavy atom. The van der Waals surface area contributed by atoms with E-state index in [2.05, 4.69) is 19.4 Å². The second-order valence-electron chi connectivity index (χ2n) is 3.55. The first kappa shape index (κ1) is 13.1. The minimum atomic E-state index is -3.61. The topological polar surface area (TPSA) is 111 Å². The normalized spacial score (nSPS) is 11.9. The molecule has 0 saturated heterocycles. The third kappa shape index (κ3) is 2.58. The number of nitrogens with zero attached hydrogens (tertiary/aromatic N) is 2. The fourth-order valence-corrected chi connectivity index (χ4v) is 4.17. The summed E-state index contributed by atoms with van der Waals surface area (Å²) in [7, 11) is -3.61. The number of hydrogen-bond donors (Lipinski definition) is 2. The highest BCUT2D eigenvalue weighted by Gasteiger charge is 2.22. The number of nitrogens with two attached hydrogens (primary N) is 1. The predicted octanol–water partition coefficient (Wildman–Crippen LogP) is 0.377. The lowest BCUT2D eigenvalue weighted by Gasteiger charge is -2.06. The Kier molecular flexibility index (Phi) is 3.76. The monoisotopic (exact) mass is 288 g/mol. The van der Waals surface area contributed by atoms with Crippen LogP contribution in [0.4, 0.5) is 0 Å². The molecule has 0 amide bonds. The molecule has 7 nitrogen and oxygen atoms in total. The lowest BCUT2D eigenvalue weighted by Crippen LogP contribution is -2.25. The second-order valence-corrected chi connectivity index (χ2v) is 6.22. The molecule has 0 aromatic carbocycles. The van der Waals surface area contributed by atoms with E-state index in [1.165, 1.54) is 11.3 Å². The van der Waals surface area contributed by atoms with Crippen molar-refractivity contribution in [2.24, 2.45) is 5.73 Å². The highest BCUT2D eigenvalue weighted by Crippen LogP contribution is 2.26. The Bertz CT molecular complexity index is 618. The van der Waals surface area contributed by atoms with Gasteiger partial charge in [0.1, 0.15) is 4.90 Å². The summed E-state index contributed by atoms with van der Waals surface area (Å²) in [6.45, 7) is 1.91. The smallest absolute Gasteiger partial charge is 0.242 e. The van der Waals surface area contributed by atoms with Gasteiger partial charge in [0, 0.05) is 11.4 Å². The summed E-state index contributed by atoms with van der Waals surface area (Å²) in [5.74, 6) is 0.278. The van der Waals surface area contributed by atoms with Gasteiger partial charge in [0.25, 0.3) is 0 Å². The molecule has 0 spiro atoms. The van der Waals surface area contributed by atoms with Crippen molar-refractivity contribution in [3.63, 3.8) is 0 Å². The van der Waals surface area contributed by atoms with Gasteiger partial charge in [-0.3, -0.25) is 0 Å². The van der Waals surface area contributed by atoms with E-state index < -0.39 is 10.0 Å². The molecule has 2 heterocycles. The molecule has 0 bridgehead atoms. The van der Waals surface area contributed by atoms with E-state index >= 15 is 0 Å². The minimum absolute atomic E-state index is 0.0157. The van der Waals surface area contributed by atoms with Crippen molar-refractivity contribution < 1.29 is 12.9 Å². The van der Waals surface area contributed by atoms with Crippen molar-refractivity contribution in [1.82, 2.24) is 14.9 Å². The number of sulfonamides is 1. The third-order valence-electron chi connectivity index (χ3n) is 2.27. The summed E-state index contributed by atoms with van der Waals surface area (Å²) >= 11 is 1.33. The number of aryl methyl sites for hydroxylation is 1. The Balaban J connectivity index is 2.22. The standard InChI is InChI=1S/C9H12N4O3S2/c1-6-4-17-7(2-10)9(6)18(14,15)12-3-8-11-5-16-13-8/h4-5,12H,2-3,10H2,1H3. The lowest BCUT2D eigenvalue weighted by molar-refractivity contribution is 0.409. The van der Waals surface area contributed by atoms with Gasteiger partial charge < -0.3 is 10.3 Å². The SMILES string of the molecule is Cc1csc(CN)c1S(=O)(=O)NCc1ncon1. The second kappa shape index (κ2) is 5.14. The number of hydrogen-bond acceptors (Lipinski definition) is 7. The van der Waals surface area contributed by atoms with E-state index in [0.717, 1.165) is 6.39 Å². The molecule has 0 radical (unpaired) electrons. The van der Waals surface area contributed by atoms with Crippen LogP contribution in [-0.4, -0.2) is 18.6 Å². The molecule has 2 aromatic rings. The summed E-state index contributed by atoms with van der Waals surface area (Å²) in [5, 5.41) is 5.30. The van der Waals surface area contributed by atoms with Gasteiger partial charge in [-0.25, -0.2) is 13.1 Å². The Morgan fingerprint density at radius 2 is 2.33 bits per heavy atom. The van der Waals surface area contributed by atoms with E-state index in [9.17, 15) is 8.42 Å². The maximum absolute atomic E-state index is 12.1. The van der Waals surface area contributed by atoms with Crippen molar-refractivity contribution in [2.75, 3.05) is 0 Å². The maximum atomic E-state index is 12.1. The summed E-state index contributed by atoms with van der Waals surface area (Å²) in [5.41, 5.74) is 6.21. The number of thiophene rings is 1. The van der Waals surface area contributed by atoms with Crippen LogP contribution in [-0.2, 0) is 23.1 Å². The van der Waals surface area contributed by atoms with Crippen molar-refractivity contribution in [3.05, 3.63) is 28.0 Å². The average Bonchev–Trinajstić information content (AvgIpc) is 2.95. The molecule has 0 atom stereocenters. The van der Waals surface area contributed by atoms with Crippen LogP contribution in [0.2, 0.25) is 0 Å². The van der Waals surface area contributed by atoms with Crippen LogP contribution >= 0.6 is 11.3 Å². The van der Waals surface area contributed by atoms with Gasteiger partial charge in [0.2, 0.25) is 16.4 Å². The average molecular weight is 288 g/mol. The van der Waals surface area contributed by atoms with Gasteiger partial charge in [-0.2, -0.15) is 4.98 Å². The molecule has 18 heavy (non-hydrogen) atoms. The van der Waals surface area contributed by atoms with Crippen LogP contribution in [0.5, 0.6) is 0 Å². The molecular formula is C9H12N4O3S2. The summed E-state index contributed by atoms with van der Waals surface area (Å²) in [4.78, 5) is 4.62. The van der Waals surface area contributed by atoms with Gasteiger partial charge in [0.05, 0.1) is 6.54 Å². The summed E-state index contributed by atoms with van der Waals surface area (Å²) < 4.78 is 31.2. The van der Waals surface area contributed by atoms with Crippen LogP contribution in [0.15, 0.2) is 21.2 Å². The van der Waals surface area contributed by atoms with E-state index in [-0.39, 0.29) is 23.8 Å². The van der Waals surface area contributed by atoms with Crippen LogP contribution in [0.1, 0.15) is 16.3 Å². The zero-order valence-corrected chi connectivity index (χ0v) is 11.2. The highest BCUT2D eigenvalue weighted by atomic mass is 32.2. The molecule has 2 rings (SSSR count). The zero-order chi connectivity index (χ0) is 13.2. The Labute approximate surface area is 108 Å². The lowest BCUT2D eigenvalue weighted by atomic mass is 10.3. The van der Waals surface area contributed by atoms with Gasteiger partial charge in [-0.1, -0.05) is 5.16 Å². The van der Waals surface area contributed by atoms with Crippen molar-refractivity contribution in [3.8, 4) is 0 Å². The van der Waals surface area contributed by atoms with E-state index in [1.54, 1.807) is 12.3 Å². The van der Waals surface area contributed by atoms with Crippen LogP contribution in [0.3, 0.4) is 0 Å². The van der Waals surface area contributed by atoms with Gasteiger partial charge in [-0.05, 0) is 17.9 Å². The van der Waals surface area contributed by atoms with E-state index in [4.69, 9.17) is 5.73 Å². The maximum Gasteiger partial charge on any atom is 0.242 e. The Morgan fingerprint density at radius 3 is 2.94 bits per heavy atom. The number of aromatic nitrogens is 2. The molecule has 2 aromatic heterocycles. The van der Waals surface area contributed by atoms with E-state index in [1.807, 2.05) is 0 Å². The molecule has 9 heteroatoms. The first-order chi connectivity index (χ1) is 8.54. The predicted molar refractivity (Wildman–Crippen MR) is 65.3 cm³/mol. The first-order valence-electron chi connectivity index (χ1n) is 5.06. The number of rotatable bonds is 5. The zero-order valence-electron chi connectivity index (χ0n) is 9.58. The van der Waals surface area contributed by atoms with Gasteiger partial charge in [0.15, 0.2) is 5.82 Å². The van der Waals surface area contributed by atoms with Crippen molar-refractivity contribution >= 4 is 21.4 Å². The minimum Gasteiger partial charge on any atom is -0.343 e. The van der Waals surface area contributed by atoms with E-state index in [0.29, 0.717) is 10.4 Å². The fourth-order valence-electron chi connectivity index (χ4n) is 1.49.